The molecule has 3 aliphatic rings. The molecular weight excluding hydrogens is 258 g/mol. The van der Waals surface area contributed by atoms with E-state index in [1.165, 1.54) is 7.11 Å². The summed E-state index contributed by atoms with van der Waals surface area (Å²) in [6.07, 6.45) is 1.62. The van der Waals surface area contributed by atoms with Crippen molar-refractivity contribution in [2.24, 2.45) is 17.3 Å². The Balaban J connectivity index is 1.85. The number of ether oxygens (including phenoxy) is 2. The molecule has 2 saturated carbocycles. The van der Waals surface area contributed by atoms with Gasteiger partial charge in [0.05, 0.1) is 7.11 Å². The summed E-state index contributed by atoms with van der Waals surface area (Å²) in [4.78, 5) is 26.2. The first-order valence-electron chi connectivity index (χ1n) is 7.31. The van der Waals surface area contributed by atoms with E-state index in [1.54, 1.807) is 4.90 Å². The lowest BCUT2D eigenvalue weighted by atomic mass is 9.61. The Morgan fingerprint density at radius 3 is 2.45 bits per heavy atom. The minimum Gasteiger partial charge on any atom is -0.467 e. The van der Waals surface area contributed by atoms with Crippen LogP contribution in [0.2, 0.25) is 0 Å². The standard InChI is InChI=1S/C15H23NO4/c1-8-6-9-11(12(17)19-5)16(10-7-15(8,9)10)13(18)20-14(2,3)4/h8-11H,6-7H2,1-5H3/t8-,9-,10+,11+,15?/m0/s1. The van der Waals surface area contributed by atoms with Gasteiger partial charge >= 0.3 is 12.1 Å². The average molecular weight is 281 g/mol. The zero-order valence-electron chi connectivity index (χ0n) is 12.8. The Kier molecular flexibility index (Phi) is 2.67. The summed E-state index contributed by atoms with van der Waals surface area (Å²) >= 11 is 0. The second-order valence-electron chi connectivity index (χ2n) is 7.43. The number of hydrogen-bond donors (Lipinski definition) is 0. The summed E-state index contributed by atoms with van der Waals surface area (Å²) in [7, 11) is 1.38. The highest BCUT2D eigenvalue weighted by Crippen LogP contribution is 2.75. The molecule has 3 rings (SSSR count). The second-order valence-corrected chi connectivity index (χ2v) is 7.43. The number of hydrogen-bond acceptors (Lipinski definition) is 4. The van der Waals surface area contributed by atoms with Crippen molar-refractivity contribution in [3.05, 3.63) is 0 Å². The lowest BCUT2D eigenvalue weighted by molar-refractivity contribution is -0.150. The molecule has 20 heavy (non-hydrogen) atoms. The topological polar surface area (TPSA) is 55.8 Å². The fraction of sp³-hybridized carbons (Fsp3) is 0.867. The molecule has 5 atom stereocenters. The van der Waals surface area contributed by atoms with Crippen molar-refractivity contribution in [2.45, 2.75) is 58.2 Å². The van der Waals surface area contributed by atoms with Crippen molar-refractivity contribution in [3.63, 3.8) is 0 Å². The lowest BCUT2D eigenvalue weighted by Crippen LogP contribution is -2.51. The van der Waals surface area contributed by atoms with Gasteiger partial charge < -0.3 is 9.47 Å². The molecule has 1 amide bonds. The maximum absolute atomic E-state index is 12.4. The summed E-state index contributed by atoms with van der Waals surface area (Å²) in [6.45, 7) is 7.74. The molecule has 112 valence electrons. The molecule has 5 heteroatoms. The van der Waals surface area contributed by atoms with Crippen molar-refractivity contribution < 1.29 is 19.1 Å². The van der Waals surface area contributed by atoms with Crippen molar-refractivity contribution in [3.8, 4) is 0 Å². The van der Waals surface area contributed by atoms with Gasteiger partial charge in [-0.1, -0.05) is 6.92 Å². The zero-order chi connectivity index (χ0) is 14.9. The molecule has 1 unspecified atom stereocenters. The van der Waals surface area contributed by atoms with Crippen LogP contribution in [0.4, 0.5) is 4.79 Å². The van der Waals surface area contributed by atoms with Gasteiger partial charge in [-0.25, -0.2) is 9.59 Å². The summed E-state index contributed by atoms with van der Waals surface area (Å²) in [6, 6.07) is -0.292. The minimum absolute atomic E-state index is 0.162. The molecule has 0 bridgehead atoms. The van der Waals surface area contributed by atoms with Gasteiger partial charge in [0.2, 0.25) is 0 Å². The van der Waals surface area contributed by atoms with Gasteiger partial charge in [0.15, 0.2) is 0 Å². The fourth-order valence-corrected chi connectivity index (χ4v) is 4.35. The van der Waals surface area contributed by atoms with E-state index in [0.29, 0.717) is 5.92 Å². The van der Waals surface area contributed by atoms with Crippen molar-refractivity contribution in [1.82, 2.24) is 4.90 Å². The molecule has 1 saturated heterocycles. The molecule has 2 aliphatic carbocycles. The van der Waals surface area contributed by atoms with Crippen LogP contribution < -0.4 is 0 Å². The third-order valence-electron chi connectivity index (χ3n) is 5.29. The normalized spacial score (nSPS) is 41.4. The predicted molar refractivity (Wildman–Crippen MR) is 72.0 cm³/mol. The molecule has 0 aromatic rings. The number of amides is 1. The van der Waals surface area contributed by atoms with E-state index >= 15 is 0 Å². The lowest BCUT2D eigenvalue weighted by Gasteiger charge is -2.43. The maximum Gasteiger partial charge on any atom is 0.411 e. The monoisotopic (exact) mass is 281 g/mol. The van der Waals surface area contributed by atoms with E-state index in [2.05, 4.69) is 6.92 Å². The zero-order valence-corrected chi connectivity index (χ0v) is 12.8. The van der Waals surface area contributed by atoms with Crippen LogP contribution in [0.3, 0.4) is 0 Å². The van der Waals surface area contributed by atoms with Gasteiger partial charge in [-0.05, 0) is 45.4 Å². The van der Waals surface area contributed by atoms with Crippen molar-refractivity contribution in [1.29, 1.82) is 0 Å². The number of rotatable bonds is 1. The molecule has 3 fully saturated rings. The first-order chi connectivity index (χ1) is 9.22. The molecule has 1 spiro atoms. The highest BCUT2D eigenvalue weighted by Gasteiger charge is 2.79. The van der Waals surface area contributed by atoms with Crippen LogP contribution in [0.15, 0.2) is 0 Å². The smallest absolute Gasteiger partial charge is 0.411 e. The first kappa shape index (κ1) is 13.7. The third-order valence-corrected chi connectivity index (χ3v) is 5.29. The van der Waals surface area contributed by atoms with Gasteiger partial charge in [0.1, 0.15) is 11.6 Å². The predicted octanol–water partition coefficient (Wildman–Crippen LogP) is 2.19. The number of piperidine rings is 1. The van der Waals surface area contributed by atoms with Crippen LogP contribution in [-0.2, 0) is 14.3 Å². The summed E-state index contributed by atoms with van der Waals surface area (Å²) in [5, 5.41) is 0. The molecular formula is C15H23NO4. The van der Waals surface area contributed by atoms with E-state index in [-0.39, 0.29) is 29.4 Å². The number of methoxy groups -OCH3 is 1. The van der Waals surface area contributed by atoms with E-state index in [4.69, 9.17) is 9.47 Å². The minimum atomic E-state index is -0.549. The molecule has 0 aromatic carbocycles. The van der Waals surface area contributed by atoms with Gasteiger partial charge in [-0.2, -0.15) is 0 Å². The SMILES string of the molecule is COC(=O)[C@H]1[C@@H]2C[C@H](C)C23C[C@H]3N1C(=O)OC(C)(C)C. The van der Waals surface area contributed by atoms with Crippen LogP contribution in [0.1, 0.15) is 40.5 Å². The summed E-state index contributed by atoms with van der Waals surface area (Å²) < 4.78 is 10.4. The van der Waals surface area contributed by atoms with Crippen molar-refractivity contribution in [2.75, 3.05) is 7.11 Å². The molecule has 0 aromatic heterocycles. The van der Waals surface area contributed by atoms with E-state index in [9.17, 15) is 9.59 Å². The van der Waals surface area contributed by atoms with Gasteiger partial charge in [-0.3, -0.25) is 4.90 Å². The molecule has 1 heterocycles. The van der Waals surface area contributed by atoms with E-state index in [0.717, 1.165) is 12.8 Å². The van der Waals surface area contributed by atoms with E-state index < -0.39 is 11.6 Å². The van der Waals surface area contributed by atoms with Crippen LogP contribution in [-0.4, -0.2) is 41.8 Å². The number of likely N-dealkylation sites (tertiary alicyclic amines) is 1. The fourth-order valence-electron chi connectivity index (χ4n) is 4.35. The van der Waals surface area contributed by atoms with Crippen LogP contribution in [0.5, 0.6) is 0 Å². The van der Waals surface area contributed by atoms with Crippen LogP contribution in [0.25, 0.3) is 0 Å². The highest BCUT2D eigenvalue weighted by molar-refractivity contribution is 5.84. The van der Waals surface area contributed by atoms with Gasteiger partial charge in [0.25, 0.3) is 0 Å². The number of carbonyl (C=O) groups excluding carboxylic acids is 2. The van der Waals surface area contributed by atoms with Crippen LogP contribution >= 0.6 is 0 Å². The molecule has 0 N–H and O–H groups in total. The Hall–Kier alpha value is -1.26. The molecule has 5 nitrogen and oxygen atoms in total. The first-order valence-corrected chi connectivity index (χ1v) is 7.31. The number of nitrogens with zero attached hydrogens (tertiary/aromatic N) is 1. The largest absolute Gasteiger partial charge is 0.467 e. The highest BCUT2D eigenvalue weighted by atomic mass is 16.6. The Labute approximate surface area is 119 Å². The van der Waals surface area contributed by atoms with E-state index in [1.807, 2.05) is 20.8 Å². The quantitative estimate of drug-likeness (QED) is 0.691. The number of esters is 1. The average Bonchev–Trinajstić information content (AvgIpc) is 3.04. The Bertz CT molecular complexity index is 469. The van der Waals surface area contributed by atoms with Gasteiger partial charge in [-0.15, -0.1) is 0 Å². The van der Waals surface area contributed by atoms with Crippen molar-refractivity contribution >= 4 is 12.1 Å². The Morgan fingerprint density at radius 1 is 1.30 bits per heavy atom. The van der Waals surface area contributed by atoms with Gasteiger partial charge in [0, 0.05) is 11.5 Å². The molecule has 1 aliphatic heterocycles. The third kappa shape index (κ3) is 1.61. The second kappa shape index (κ2) is 3.89. The van der Waals surface area contributed by atoms with Crippen LogP contribution in [0, 0.1) is 17.3 Å². The maximum atomic E-state index is 12.4. The number of carbonyl (C=O) groups is 2. The molecule has 0 radical (unpaired) electrons. The Morgan fingerprint density at radius 2 is 1.95 bits per heavy atom. The summed E-state index contributed by atoms with van der Waals surface area (Å²) in [5.41, 5.74) is -0.386. The summed E-state index contributed by atoms with van der Waals surface area (Å²) in [5.74, 6) is 0.527.